The summed E-state index contributed by atoms with van der Waals surface area (Å²) in [4.78, 5) is 14.3. The van der Waals surface area contributed by atoms with E-state index < -0.39 is 0 Å². The van der Waals surface area contributed by atoms with Crippen LogP contribution < -0.4 is 5.73 Å². The average Bonchev–Trinajstić information content (AvgIpc) is 2.41. The zero-order chi connectivity index (χ0) is 13.4. The third-order valence-electron chi connectivity index (χ3n) is 3.82. The van der Waals surface area contributed by atoms with E-state index in [4.69, 9.17) is 10.5 Å². The lowest BCUT2D eigenvalue weighted by atomic mass is 9.93. The SMILES string of the molecule is CCN(C(=O)C(N)CCCOC)C1CCCCC1. The van der Waals surface area contributed by atoms with Crippen LogP contribution in [0.4, 0.5) is 0 Å². The first-order valence-corrected chi connectivity index (χ1v) is 7.25. The first kappa shape index (κ1) is 15.4. The second-order valence-electron chi connectivity index (χ2n) is 5.16. The van der Waals surface area contributed by atoms with Crippen molar-refractivity contribution in [3.63, 3.8) is 0 Å². The first-order chi connectivity index (χ1) is 8.70. The topological polar surface area (TPSA) is 55.6 Å². The number of amides is 1. The summed E-state index contributed by atoms with van der Waals surface area (Å²) in [5, 5.41) is 0. The van der Waals surface area contributed by atoms with Gasteiger partial charge in [-0.25, -0.2) is 0 Å². The highest BCUT2D eigenvalue weighted by atomic mass is 16.5. The Labute approximate surface area is 111 Å². The molecule has 0 aromatic carbocycles. The molecular formula is C14H28N2O2. The Morgan fingerprint density at radius 1 is 1.39 bits per heavy atom. The standard InChI is InChI=1S/C14H28N2O2/c1-3-16(12-8-5-4-6-9-12)14(17)13(15)10-7-11-18-2/h12-13H,3-11,15H2,1-2H3. The summed E-state index contributed by atoms with van der Waals surface area (Å²) < 4.78 is 4.99. The molecule has 1 atom stereocenters. The summed E-state index contributed by atoms with van der Waals surface area (Å²) in [5.41, 5.74) is 5.99. The molecule has 1 unspecified atom stereocenters. The van der Waals surface area contributed by atoms with Gasteiger partial charge in [0, 0.05) is 26.3 Å². The largest absolute Gasteiger partial charge is 0.385 e. The van der Waals surface area contributed by atoms with Crippen LogP contribution in [-0.2, 0) is 9.53 Å². The maximum absolute atomic E-state index is 12.3. The van der Waals surface area contributed by atoms with Crippen LogP contribution in [0.5, 0.6) is 0 Å². The van der Waals surface area contributed by atoms with Crippen LogP contribution in [0.3, 0.4) is 0 Å². The second-order valence-corrected chi connectivity index (χ2v) is 5.16. The minimum Gasteiger partial charge on any atom is -0.385 e. The average molecular weight is 256 g/mol. The van der Waals surface area contributed by atoms with Crippen molar-refractivity contribution in [2.75, 3.05) is 20.3 Å². The molecule has 0 heterocycles. The summed E-state index contributed by atoms with van der Waals surface area (Å²) >= 11 is 0. The minimum atomic E-state index is -0.359. The van der Waals surface area contributed by atoms with Gasteiger partial charge < -0.3 is 15.4 Å². The van der Waals surface area contributed by atoms with Crippen molar-refractivity contribution < 1.29 is 9.53 Å². The zero-order valence-electron chi connectivity index (χ0n) is 11.9. The second kappa shape index (κ2) is 8.48. The number of methoxy groups -OCH3 is 1. The molecule has 1 aliphatic carbocycles. The van der Waals surface area contributed by atoms with Gasteiger partial charge in [0.25, 0.3) is 0 Å². The lowest BCUT2D eigenvalue weighted by Gasteiger charge is -2.35. The number of hydrogen-bond acceptors (Lipinski definition) is 3. The van der Waals surface area contributed by atoms with E-state index in [2.05, 4.69) is 0 Å². The molecule has 1 amide bonds. The first-order valence-electron chi connectivity index (χ1n) is 7.25. The number of rotatable bonds is 7. The normalized spacial score (nSPS) is 18.6. The van der Waals surface area contributed by atoms with Crippen molar-refractivity contribution in [2.24, 2.45) is 5.73 Å². The number of ether oxygens (including phenoxy) is 1. The lowest BCUT2D eigenvalue weighted by molar-refractivity contribution is -0.135. The molecule has 1 rings (SSSR count). The van der Waals surface area contributed by atoms with Gasteiger partial charge in [0.05, 0.1) is 6.04 Å². The van der Waals surface area contributed by atoms with Gasteiger partial charge in [0.1, 0.15) is 0 Å². The number of nitrogens with zero attached hydrogens (tertiary/aromatic N) is 1. The molecule has 4 heteroatoms. The molecule has 1 aliphatic rings. The van der Waals surface area contributed by atoms with Gasteiger partial charge in [0.2, 0.25) is 5.91 Å². The number of nitrogens with two attached hydrogens (primary N) is 1. The van der Waals surface area contributed by atoms with Crippen LogP contribution >= 0.6 is 0 Å². The predicted octanol–water partition coefficient (Wildman–Crippen LogP) is 1.92. The highest BCUT2D eigenvalue weighted by Crippen LogP contribution is 2.23. The van der Waals surface area contributed by atoms with Crippen LogP contribution in [-0.4, -0.2) is 43.2 Å². The van der Waals surface area contributed by atoms with Gasteiger partial charge in [0.15, 0.2) is 0 Å². The zero-order valence-corrected chi connectivity index (χ0v) is 11.9. The summed E-state index contributed by atoms with van der Waals surface area (Å²) in [6.07, 6.45) is 7.65. The summed E-state index contributed by atoms with van der Waals surface area (Å²) in [7, 11) is 1.67. The number of likely N-dealkylation sites (N-methyl/N-ethyl adjacent to an activating group) is 1. The van der Waals surface area contributed by atoms with Crippen molar-refractivity contribution in [3.8, 4) is 0 Å². The van der Waals surface area contributed by atoms with Gasteiger partial charge in [-0.3, -0.25) is 4.79 Å². The molecular weight excluding hydrogens is 228 g/mol. The number of hydrogen-bond donors (Lipinski definition) is 1. The molecule has 2 N–H and O–H groups in total. The molecule has 0 aliphatic heterocycles. The van der Waals surface area contributed by atoms with Crippen LogP contribution in [0.25, 0.3) is 0 Å². The minimum absolute atomic E-state index is 0.125. The predicted molar refractivity (Wildman–Crippen MR) is 73.3 cm³/mol. The molecule has 18 heavy (non-hydrogen) atoms. The van der Waals surface area contributed by atoms with Gasteiger partial charge >= 0.3 is 0 Å². The molecule has 0 saturated heterocycles. The smallest absolute Gasteiger partial charge is 0.239 e. The van der Waals surface area contributed by atoms with E-state index in [-0.39, 0.29) is 11.9 Å². The summed E-state index contributed by atoms with van der Waals surface area (Å²) in [6, 6.07) is 0.0618. The maximum atomic E-state index is 12.3. The Morgan fingerprint density at radius 3 is 2.61 bits per heavy atom. The maximum Gasteiger partial charge on any atom is 0.239 e. The number of carbonyl (C=O) groups excluding carboxylic acids is 1. The Morgan fingerprint density at radius 2 is 2.06 bits per heavy atom. The molecule has 0 aromatic heterocycles. The third kappa shape index (κ3) is 4.58. The monoisotopic (exact) mass is 256 g/mol. The molecule has 106 valence electrons. The highest BCUT2D eigenvalue weighted by molar-refractivity contribution is 5.81. The molecule has 0 radical (unpaired) electrons. The van der Waals surface area contributed by atoms with Crippen LogP contribution in [0.15, 0.2) is 0 Å². The fourth-order valence-electron chi connectivity index (χ4n) is 2.77. The van der Waals surface area contributed by atoms with E-state index in [9.17, 15) is 4.79 Å². The van der Waals surface area contributed by atoms with E-state index in [1.807, 2.05) is 11.8 Å². The van der Waals surface area contributed by atoms with Gasteiger partial charge in [-0.1, -0.05) is 19.3 Å². The van der Waals surface area contributed by atoms with E-state index in [0.717, 1.165) is 32.2 Å². The van der Waals surface area contributed by atoms with Crippen molar-refractivity contribution in [2.45, 2.75) is 64.0 Å². The van der Waals surface area contributed by atoms with Gasteiger partial charge in [-0.2, -0.15) is 0 Å². The Kier molecular flexibility index (Phi) is 7.28. The van der Waals surface area contributed by atoms with Crippen molar-refractivity contribution in [1.29, 1.82) is 0 Å². The van der Waals surface area contributed by atoms with Gasteiger partial charge in [-0.15, -0.1) is 0 Å². The van der Waals surface area contributed by atoms with Gasteiger partial charge in [-0.05, 0) is 32.6 Å². The van der Waals surface area contributed by atoms with Crippen molar-refractivity contribution >= 4 is 5.91 Å². The Balaban J connectivity index is 2.44. The van der Waals surface area contributed by atoms with Crippen molar-refractivity contribution in [1.82, 2.24) is 4.90 Å². The van der Waals surface area contributed by atoms with Crippen LogP contribution in [0.1, 0.15) is 51.9 Å². The van der Waals surface area contributed by atoms with E-state index in [1.165, 1.54) is 19.3 Å². The Hall–Kier alpha value is -0.610. The molecule has 1 fully saturated rings. The molecule has 4 nitrogen and oxygen atoms in total. The quantitative estimate of drug-likeness (QED) is 0.708. The van der Waals surface area contributed by atoms with Crippen LogP contribution in [0, 0.1) is 0 Å². The van der Waals surface area contributed by atoms with E-state index in [0.29, 0.717) is 12.6 Å². The Bertz CT molecular complexity index is 240. The lowest BCUT2D eigenvalue weighted by Crippen LogP contribution is -2.49. The molecule has 0 spiro atoms. The molecule has 0 aromatic rings. The van der Waals surface area contributed by atoms with E-state index >= 15 is 0 Å². The summed E-state index contributed by atoms with van der Waals surface area (Å²) in [6.45, 7) is 3.51. The summed E-state index contributed by atoms with van der Waals surface area (Å²) in [5.74, 6) is 0.125. The molecule has 1 saturated carbocycles. The third-order valence-corrected chi connectivity index (χ3v) is 3.82. The fraction of sp³-hybridized carbons (Fsp3) is 0.929. The molecule has 0 bridgehead atoms. The highest BCUT2D eigenvalue weighted by Gasteiger charge is 2.27. The van der Waals surface area contributed by atoms with Crippen LogP contribution in [0.2, 0.25) is 0 Å². The number of carbonyl (C=O) groups is 1. The van der Waals surface area contributed by atoms with Crippen molar-refractivity contribution in [3.05, 3.63) is 0 Å². The fourth-order valence-corrected chi connectivity index (χ4v) is 2.77. The van der Waals surface area contributed by atoms with E-state index in [1.54, 1.807) is 7.11 Å².